The molecule has 1 saturated heterocycles. The fourth-order valence-corrected chi connectivity index (χ4v) is 3.19. The SMILES string of the molecule is COC(=O)c1ccc(Cl)c(NC(=O)c2ccc(N3CCC(C)CC3)cn2)c1. The zero-order chi connectivity index (χ0) is 19.4. The van der Waals surface area contributed by atoms with E-state index < -0.39 is 11.9 Å². The maximum atomic E-state index is 12.5. The van der Waals surface area contributed by atoms with Crippen molar-refractivity contribution in [2.75, 3.05) is 30.4 Å². The number of hydrogen-bond donors (Lipinski definition) is 1. The molecular formula is C20H22ClN3O3. The molecule has 0 atom stereocenters. The number of nitrogens with one attached hydrogen (secondary N) is 1. The zero-order valence-electron chi connectivity index (χ0n) is 15.4. The number of methoxy groups -OCH3 is 1. The Labute approximate surface area is 163 Å². The average Bonchev–Trinajstić information content (AvgIpc) is 2.69. The highest BCUT2D eigenvalue weighted by Crippen LogP contribution is 2.25. The number of piperidine rings is 1. The van der Waals surface area contributed by atoms with Crippen LogP contribution in [0.25, 0.3) is 0 Å². The van der Waals surface area contributed by atoms with E-state index in [1.807, 2.05) is 6.07 Å². The maximum Gasteiger partial charge on any atom is 0.337 e. The molecule has 3 rings (SSSR count). The number of nitrogens with zero attached hydrogens (tertiary/aromatic N) is 2. The van der Waals surface area contributed by atoms with Crippen molar-refractivity contribution in [3.8, 4) is 0 Å². The first-order valence-corrected chi connectivity index (χ1v) is 9.26. The lowest BCUT2D eigenvalue weighted by atomic mass is 9.99. The van der Waals surface area contributed by atoms with Crippen molar-refractivity contribution in [2.24, 2.45) is 5.92 Å². The Hall–Kier alpha value is -2.60. The maximum absolute atomic E-state index is 12.5. The molecular weight excluding hydrogens is 366 g/mol. The molecule has 0 aliphatic carbocycles. The summed E-state index contributed by atoms with van der Waals surface area (Å²) < 4.78 is 4.69. The molecule has 142 valence electrons. The third-order valence-corrected chi connectivity index (χ3v) is 5.09. The summed E-state index contributed by atoms with van der Waals surface area (Å²) in [6, 6.07) is 8.16. The number of ether oxygens (including phenoxy) is 1. The molecule has 0 radical (unpaired) electrons. The number of hydrogen-bond acceptors (Lipinski definition) is 5. The van der Waals surface area contributed by atoms with Crippen molar-refractivity contribution in [1.29, 1.82) is 0 Å². The number of benzene rings is 1. The molecule has 1 N–H and O–H groups in total. The number of carbonyl (C=O) groups excluding carboxylic acids is 2. The van der Waals surface area contributed by atoms with Crippen LogP contribution in [-0.2, 0) is 4.74 Å². The van der Waals surface area contributed by atoms with E-state index in [2.05, 4.69) is 26.9 Å². The van der Waals surface area contributed by atoms with Crippen molar-refractivity contribution in [1.82, 2.24) is 4.98 Å². The summed E-state index contributed by atoms with van der Waals surface area (Å²) in [7, 11) is 1.30. The Morgan fingerprint density at radius 1 is 1.22 bits per heavy atom. The molecule has 7 heteroatoms. The minimum absolute atomic E-state index is 0.281. The van der Waals surface area contributed by atoms with Crippen LogP contribution in [0.5, 0.6) is 0 Å². The van der Waals surface area contributed by atoms with Gasteiger partial charge in [-0.3, -0.25) is 4.79 Å². The number of anilines is 2. The lowest BCUT2D eigenvalue weighted by Crippen LogP contribution is -2.32. The Morgan fingerprint density at radius 2 is 1.96 bits per heavy atom. The number of rotatable bonds is 4. The van der Waals surface area contributed by atoms with Gasteiger partial charge in [-0.15, -0.1) is 0 Å². The van der Waals surface area contributed by atoms with Crippen LogP contribution in [0.15, 0.2) is 36.5 Å². The second-order valence-corrected chi connectivity index (χ2v) is 7.12. The summed E-state index contributed by atoms with van der Waals surface area (Å²) in [5.41, 5.74) is 1.94. The van der Waals surface area contributed by atoms with E-state index in [0.717, 1.165) is 37.5 Å². The molecule has 6 nitrogen and oxygen atoms in total. The Balaban J connectivity index is 1.70. The molecule has 1 aromatic heterocycles. The second-order valence-electron chi connectivity index (χ2n) is 6.71. The molecule has 1 aromatic carbocycles. The summed E-state index contributed by atoms with van der Waals surface area (Å²) in [4.78, 5) is 30.7. The summed E-state index contributed by atoms with van der Waals surface area (Å²) in [5, 5.41) is 3.02. The van der Waals surface area contributed by atoms with Gasteiger partial charge in [0, 0.05) is 13.1 Å². The van der Waals surface area contributed by atoms with Crippen molar-refractivity contribution >= 4 is 34.9 Å². The monoisotopic (exact) mass is 387 g/mol. The zero-order valence-corrected chi connectivity index (χ0v) is 16.1. The Morgan fingerprint density at radius 3 is 2.59 bits per heavy atom. The minimum Gasteiger partial charge on any atom is -0.465 e. The largest absolute Gasteiger partial charge is 0.465 e. The van der Waals surface area contributed by atoms with E-state index in [9.17, 15) is 9.59 Å². The van der Waals surface area contributed by atoms with Gasteiger partial charge < -0.3 is 15.0 Å². The fraction of sp³-hybridized carbons (Fsp3) is 0.350. The molecule has 1 fully saturated rings. The van der Waals surface area contributed by atoms with Crippen molar-refractivity contribution in [3.63, 3.8) is 0 Å². The molecule has 2 heterocycles. The molecule has 1 amide bonds. The van der Waals surface area contributed by atoms with Crippen molar-refractivity contribution in [3.05, 3.63) is 52.8 Å². The lowest BCUT2D eigenvalue weighted by Gasteiger charge is -2.31. The number of pyridine rings is 1. The number of halogens is 1. The molecule has 2 aromatic rings. The highest BCUT2D eigenvalue weighted by molar-refractivity contribution is 6.34. The van der Waals surface area contributed by atoms with Crippen LogP contribution >= 0.6 is 11.6 Å². The van der Waals surface area contributed by atoms with Crippen LogP contribution in [0.4, 0.5) is 11.4 Å². The Bertz CT molecular complexity index is 831. The van der Waals surface area contributed by atoms with Crippen LogP contribution in [-0.4, -0.2) is 37.1 Å². The summed E-state index contributed by atoms with van der Waals surface area (Å²) in [5.74, 6) is -0.136. The topological polar surface area (TPSA) is 71.5 Å². The first-order valence-electron chi connectivity index (χ1n) is 8.88. The minimum atomic E-state index is -0.500. The average molecular weight is 388 g/mol. The predicted octanol–water partition coefficient (Wildman–Crippen LogP) is 4.01. The van der Waals surface area contributed by atoms with Crippen LogP contribution in [0, 0.1) is 5.92 Å². The number of amides is 1. The molecule has 0 unspecified atom stereocenters. The van der Waals surface area contributed by atoms with Crippen LogP contribution in [0.3, 0.4) is 0 Å². The normalized spacial score (nSPS) is 14.7. The van der Waals surface area contributed by atoms with Gasteiger partial charge in [-0.2, -0.15) is 0 Å². The van der Waals surface area contributed by atoms with Crippen LogP contribution in [0.2, 0.25) is 5.02 Å². The standard InChI is InChI=1S/C20H22ClN3O3/c1-13-7-9-24(10-8-13)15-4-6-17(22-12-15)19(25)23-18-11-14(20(26)27-2)3-5-16(18)21/h3-6,11-13H,7-10H2,1-2H3,(H,23,25). The smallest absolute Gasteiger partial charge is 0.337 e. The fourth-order valence-electron chi connectivity index (χ4n) is 3.03. The van der Waals surface area contributed by atoms with Crippen molar-refractivity contribution in [2.45, 2.75) is 19.8 Å². The number of esters is 1. The highest BCUT2D eigenvalue weighted by atomic mass is 35.5. The second kappa shape index (κ2) is 8.39. The van der Waals surface area contributed by atoms with E-state index in [1.54, 1.807) is 12.3 Å². The molecule has 0 saturated carbocycles. The third kappa shape index (κ3) is 4.57. The first-order chi connectivity index (χ1) is 13.0. The number of aromatic nitrogens is 1. The third-order valence-electron chi connectivity index (χ3n) is 4.76. The Kier molecular flexibility index (Phi) is 5.96. The van der Waals surface area contributed by atoms with Gasteiger partial charge in [0.2, 0.25) is 0 Å². The van der Waals surface area contributed by atoms with Gasteiger partial charge in [-0.05, 0) is 49.1 Å². The molecule has 27 heavy (non-hydrogen) atoms. The van der Waals surface area contributed by atoms with E-state index in [-0.39, 0.29) is 5.69 Å². The van der Waals surface area contributed by atoms with Gasteiger partial charge in [-0.1, -0.05) is 18.5 Å². The van der Waals surface area contributed by atoms with Gasteiger partial charge in [0.15, 0.2) is 0 Å². The number of carbonyl (C=O) groups is 2. The summed E-state index contributed by atoms with van der Waals surface area (Å²) in [6.45, 7) is 4.28. The summed E-state index contributed by atoms with van der Waals surface area (Å²) in [6.07, 6.45) is 4.05. The van der Waals surface area contributed by atoms with Crippen molar-refractivity contribution < 1.29 is 14.3 Å². The first kappa shape index (κ1) is 19.2. The molecule has 0 spiro atoms. The highest BCUT2D eigenvalue weighted by Gasteiger charge is 2.17. The van der Waals surface area contributed by atoms with Gasteiger partial charge in [-0.25, -0.2) is 9.78 Å². The van der Waals surface area contributed by atoms with Gasteiger partial charge in [0.1, 0.15) is 5.69 Å². The van der Waals surface area contributed by atoms with Crippen LogP contribution < -0.4 is 10.2 Å². The quantitative estimate of drug-likeness (QED) is 0.802. The van der Waals surface area contributed by atoms with E-state index in [0.29, 0.717) is 16.3 Å². The van der Waals surface area contributed by atoms with Gasteiger partial charge in [0.25, 0.3) is 5.91 Å². The van der Waals surface area contributed by atoms with E-state index in [4.69, 9.17) is 11.6 Å². The van der Waals surface area contributed by atoms with Gasteiger partial charge in [0.05, 0.1) is 35.3 Å². The summed E-state index contributed by atoms with van der Waals surface area (Å²) >= 11 is 6.12. The lowest BCUT2D eigenvalue weighted by molar-refractivity contribution is 0.0600. The van der Waals surface area contributed by atoms with E-state index in [1.165, 1.54) is 25.3 Å². The van der Waals surface area contributed by atoms with E-state index >= 15 is 0 Å². The predicted molar refractivity (Wildman–Crippen MR) is 106 cm³/mol. The molecule has 0 bridgehead atoms. The molecule has 1 aliphatic rings. The van der Waals surface area contributed by atoms with Crippen LogP contribution in [0.1, 0.15) is 40.6 Å². The van der Waals surface area contributed by atoms with Gasteiger partial charge >= 0.3 is 5.97 Å². The molecule has 1 aliphatic heterocycles.